The number of benzene rings is 2. The van der Waals surface area contributed by atoms with Gasteiger partial charge in [0.1, 0.15) is 0 Å². The van der Waals surface area contributed by atoms with Crippen LogP contribution in [0.1, 0.15) is 31.9 Å². The van der Waals surface area contributed by atoms with E-state index in [2.05, 4.69) is 11.0 Å². The Kier molecular flexibility index (Phi) is 4.81. The Morgan fingerprint density at radius 1 is 1.15 bits per heavy atom. The van der Waals surface area contributed by atoms with Crippen LogP contribution >= 0.6 is 22.9 Å². The average Bonchev–Trinajstić information content (AvgIpc) is 2.97. The third-order valence-corrected chi connectivity index (χ3v) is 6.00. The van der Waals surface area contributed by atoms with E-state index in [1.54, 1.807) is 11.3 Å². The summed E-state index contributed by atoms with van der Waals surface area (Å²) in [4.78, 5) is 16.5. The minimum Gasteiger partial charge on any atom is -0.390 e. The van der Waals surface area contributed by atoms with Gasteiger partial charge in [0.2, 0.25) is 0 Å². The van der Waals surface area contributed by atoms with E-state index in [9.17, 15) is 4.79 Å². The molecule has 0 fully saturated rings. The van der Waals surface area contributed by atoms with E-state index in [-0.39, 0.29) is 5.78 Å². The molecule has 0 saturated carbocycles. The molecule has 0 bridgehead atoms. The van der Waals surface area contributed by atoms with Gasteiger partial charge in [-0.25, -0.2) is 0 Å². The number of nitrogens with zero attached hydrogens (tertiary/aromatic N) is 1. The van der Waals surface area contributed by atoms with E-state index >= 15 is 0 Å². The summed E-state index contributed by atoms with van der Waals surface area (Å²) in [6, 6.07) is 17.3. The summed E-state index contributed by atoms with van der Waals surface area (Å²) >= 11 is 7.64. The van der Waals surface area contributed by atoms with Gasteiger partial charge in [0.05, 0.1) is 10.6 Å². The first kappa shape index (κ1) is 17.3. The van der Waals surface area contributed by atoms with E-state index in [0.29, 0.717) is 16.1 Å². The van der Waals surface area contributed by atoms with Crippen LogP contribution in [0, 0.1) is 0 Å². The van der Waals surface area contributed by atoms with Gasteiger partial charge in [0.25, 0.3) is 0 Å². The normalized spacial score (nSPS) is 14.2. The van der Waals surface area contributed by atoms with Crippen LogP contribution in [0.15, 0.2) is 54.6 Å². The first-order valence-corrected chi connectivity index (χ1v) is 9.78. The van der Waals surface area contributed by atoms with Gasteiger partial charge >= 0.3 is 0 Å². The molecule has 2 N–H and O–H groups in total. The number of rotatable bonds is 4. The fourth-order valence-corrected chi connectivity index (χ4v) is 4.86. The number of thiophene rings is 1. The first-order chi connectivity index (χ1) is 12.6. The van der Waals surface area contributed by atoms with Crippen molar-refractivity contribution in [2.75, 3.05) is 12.3 Å². The number of nitrogens with two attached hydrogens (primary N) is 1. The summed E-state index contributed by atoms with van der Waals surface area (Å²) in [5, 5.41) is 1.39. The molecule has 4 rings (SSSR count). The fraction of sp³-hybridized carbons (Fsp3) is 0.190. The molecule has 0 saturated heterocycles. The monoisotopic (exact) mass is 382 g/mol. The maximum atomic E-state index is 12.9. The number of carbonyl (C=O) groups is 1. The molecule has 3 nitrogen and oxygen atoms in total. The lowest BCUT2D eigenvalue weighted by molar-refractivity contribution is 0.103. The number of nitrogen functional groups attached to an aromatic ring is 1. The van der Waals surface area contributed by atoms with Crippen molar-refractivity contribution >= 4 is 33.7 Å². The van der Waals surface area contributed by atoms with Crippen LogP contribution in [0.3, 0.4) is 0 Å². The highest BCUT2D eigenvalue weighted by atomic mass is 35.5. The van der Waals surface area contributed by atoms with Crippen LogP contribution in [-0.4, -0.2) is 17.2 Å². The molecule has 5 heteroatoms. The molecular weight excluding hydrogens is 364 g/mol. The van der Waals surface area contributed by atoms with Crippen LogP contribution in [0.25, 0.3) is 0 Å². The first-order valence-electron chi connectivity index (χ1n) is 8.58. The Labute approximate surface area is 162 Å². The molecule has 0 aliphatic carbocycles. The quantitative estimate of drug-likeness (QED) is 0.661. The number of fused-ring (bicyclic) bond motifs is 1. The molecule has 0 radical (unpaired) electrons. The molecule has 0 amide bonds. The maximum Gasteiger partial charge on any atom is 0.196 e. The van der Waals surface area contributed by atoms with Crippen molar-refractivity contribution in [1.29, 1.82) is 0 Å². The summed E-state index contributed by atoms with van der Waals surface area (Å²) < 4.78 is 0. The summed E-state index contributed by atoms with van der Waals surface area (Å²) in [7, 11) is 0. The molecule has 0 unspecified atom stereocenters. The maximum absolute atomic E-state index is 12.9. The van der Waals surface area contributed by atoms with Crippen molar-refractivity contribution in [2.24, 2.45) is 0 Å². The number of ketones is 1. The molecule has 3 aromatic rings. The van der Waals surface area contributed by atoms with Gasteiger partial charge in [-0.1, -0.05) is 54.1 Å². The topological polar surface area (TPSA) is 46.3 Å². The summed E-state index contributed by atoms with van der Waals surface area (Å²) in [5.41, 5.74) is 9.97. The Morgan fingerprint density at radius 3 is 2.73 bits per heavy atom. The minimum atomic E-state index is 0.0314. The highest BCUT2D eigenvalue weighted by molar-refractivity contribution is 7.16. The van der Waals surface area contributed by atoms with Crippen molar-refractivity contribution in [3.63, 3.8) is 0 Å². The molecule has 2 heterocycles. The Hall–Kier alpha value is -2.14. The van der Waals surface area contributed by atoms with Gasteiger partial charge in [0, 0.05) is 35.1 Å². The zero-order valence-electron chi connectivity index (χ0n) is 14.2. The molecule has 26 heavy (non-hydrogen) atoms. The van der Waals surface area contributed by atoms with Gasteiger partial charge in [-0.2, -0.15) is 0 Å². The predicted octanol–water partition coefficient (Wildman–Crippen LogP) is 4.77. The molecule has 1 aromatic heterocycles. The van der Waals surface area contributed by atoms with Crippen LogP contribution in [0.2, 0.25) is 5.02 Å². The van der Waals surface area contributed by atoms with Gasteiger partial charge in [-0.15, -0.1) is 11.3 Å². The zero-order chi connectivity index (χ0) is 18.1. The van der Waals surface area contributed by atoms with Gasteiger partial charge < -0.3 is 5.73 Å². The second-order valence-electron chi connectivity index (χ2n) is 6.53. The largest absolute Gasteiger partial charge is 0.390 e. The van der Waals surface area contributed by atoms with Gasteiger partial charge in [-0.3, -0.25) is 9.69 Å². The number of hydrogen-bond donors (Lipinski definition) is 1. The van der Waals surface area contributed by atoms with E-state index in [1.807, 2.05) is 48.5 Å². The van der Waals surface area contributed by atoms with Crippen molar-refractivity contribution in [1.82, 2.24) is 4.90 Å². The van der Waals surface area contributed by atoms with Gasteiger partial charge in [-0.05, 0) is 29.7 Å². The van der Waals surface area contributed by atoms with Crippen LogP contribution in [-0.2, 0) is 19.5 Å². The molecule has 132 valence electrons. The lowest BCUT2D eigenvalue weighted by Crippen LogP contribution is -2.29. The number of halogens is 1. The van der Waals surface area contributed by atoms with Crippen molar-refractivity contribution in [3.8, 4) is 0 Å². The standard InChI is InChI=1S/C21H19ClN2OS/c22-16-8-4-5-14(11-16)12-24-10-9-17-18(13-24)26-21(23)19(17)20(25)15-6-2-1-3-7-15/h1-8,11H,9-10,12-13,23H2. The Morgan fingerprint density at radius 2 is 1.96 bits per heavy atom. The van der Waals surface area contributed by atoms with E-state index in [4.69, 9.17) is 17.3 Å². The predicted molar refractivity (Wildman–Crippen MR) is 108 cm³/mol. The van der Waals surface area contributed by atoms with Crippen molar-refractivity contribution in [2.45, 2.75) is 19.5 Å². The summed E-state index contributed by atoms with van der Waals surface area (Å²) in [6.45, 7) is 2.57. The Balaban J connectivity index is 1.57. The van der Waals surface area contributed by atoms with Crippen LogP contribution < -0.4 is 5.73 Å². The third-order valence-electron chi connectivity index (χ3n) is 4.72. The minimum absolute atomic E-state index is 0.0314. The highest BCUT2D eigenvalue weighted by Gasteiger charge is 2.27. The second-order valence-corrected chi connectivity index (χ2v) is 8.10. The highest BCUT2D eigenvalue weighted by Crippen LogP contribution is 2.36. The average molecular weight is 383 g/mol. The van der Waals surface area contributed by atoms with Crippen LogP contribution in [0.4, 0.5) is 5.00 Å². The van der Waals surface area contributed by atoms with Crippen molar-refractivity contribution in [3.05, 3.63) is 86.8 Å². The molecule has 2 aromatic carbocycles. The van der Waals surface area contributed by atoms with E-state index < -0.39 is 0 Å². The third kappa shape index (κ3) is 3.40. The number of anilines is 1. The molecular formula is C21H19ClN2OS. The summed E-state index contributed by atoms with van der Waals surface area (Å²) in [6.07, 6.45) is 0.845. The smallest absolute Gasteiger partial charge is 0.196 e. The SMILES string of the molecule is Nc1sc2c(c1C(=O)c1ccccc1)CCN(Cc1cccc(Cl)c1)C2. The van der Waals surface area contributed by atoms with E-state index in [1.165, 1.54) is 10.4 Å². The molecule has 0 spiro atoms. The van der Waals surface area contributed by atoms with E-state index in [0.717, 1.165) is 36.6 Å². The molecule has 0 atom stereocenters. The fourth-order valence-electron chi connectivity index (χ4n) is 3.49. The van der Waals surface area contributed by atoms with Gasteiger partial charge in [0.15, 0.2) is 5.78 Å². The summed E-state index contributed by atoms with van der Waals surface area (Å²) in [5.74, 6) is 0.0314. The Bertz CT molecular complexity index is 952. The zero-order valence-corrected chi connectivity index (χ0v) is 15.8. The number of carbonyl (C=O) groups excluding carboxylic acids is 1. The second kappa shape index (κ2) is 7.23. The van der Waals surface area contributed by atoms with Crippen molar-refractivity contribution < 1.29 is 4.79 Å². The molecule has 1 aliphatic heterocycles. The lowest BCUT2D eigenvalue weighted by Gasteiger charge is -2.27. The lowest BCUT2D eigenvalue weighted by atomic mass is 9.96. The number of hydrogen-bond acceptors (Lipinski definition) is 4. The molecule has 1 aliphatic rings. The van der Waals surface area contributed by atoms with Crippen LogP contribution in [0.5, 0.6) is 0 Å².